The van der Waals surface area contributed by atoms with Crippen LogP contribution >= 0.6 is 0 Å². The molecule has 28 heavy (non-hydrogen) atoms. The summed E-state index contributed by atoms with van der Waals surface area (Å²) < 4.78 is 19.4. The van der Waals surface area contributed by atoms with Crippen LogP contribution in [-0.2, 0) is 4.79 Å². The van der Waals surface area contributed by atoms with Gasteiger partial charge in [0.25, 0.3) is 0 Å². The third-order valence-corrected chi connectivity index (χ3v) is 4.14. The second-order valence-corrected chi connectivity index (χ2v) is 7.34. The number of ether oxygens (including phenoxy) is 1. The van der Waals surface area contributed by atoms with E-state index in [1.807, 2.05) is 0 Å². The van der Waals surface area contributed by atoms with Gasteiger partial charge in [-0.15, -0.1) is 0 Å². The van der Waals surface area contributed by atoms with Gasteiger partial charge in [-0.3, -0.25) is 9.59 Å². The highest BCUT2D eigenvalue weighted by atomic mass is 19.1. The van der Waals surface area contributed by atoms with Gasteiger partial charge in [0, 0.05) is 16.7 Å². The topological polar surface area (TPSA) is 81.2 Å². The quantitative estimate of drug-likeness (QED) is 0.691. The summed E-state index contributed by atoms with van der Waals surface area (Å²) in [6, 6.07) is 8.65. The molecule has 0 aliphatic rings. The minimum atomic E-state index is -0.671. The van der Waals surface area contributed by atoms with E-state index in [4.69, 9.17) is 4.74 Å². The molecule has 0 bridgehead atoms. The first-order valence-corrected chi connectivity index (χ1v) is 8.65. The molecule has 144 valence electrons. The molecule has 0 fully saturated rings. The fourth-order valence-corrected chi connectivity index (χ4v) is 2.49. The van der Waals surface area contributed by atoms with Crippen LogP contribution in [-0.4, -0.2) is 28.8 Å². The molecule has 1 aromatic heterocycles. The summed E-state index contributed by atoms with van der Waals surface area (Å²) in [6.45, 7) is 5.30. The van der Waals surface area contributed by atoms with Crippen molar-refractivity contribution < 1.29 is 18.7 Å². The number of carbonyl (C=O) groups excluding carboxylic acids is 2. The molecule has 0 aliphatic heterocycles. The molecule has 6 nitrogen and oxygen atoms in total. The third kappa shape index (κ3) is 3.98. The van der Waals surface area contributed by atoms with Crippen molar-refractivity contribution in [2.75, 3.05) is 12.4 Å². The number of carbonyl (C=O) groups is 2. The van der Waals surface area contributed by atoms with Crippen molar-refractivity contribution >= 4 is 28.4 Å². The molecule has 1 heterocycles. The van der Waals surface area contributed by atoms with Crippen molar-refractivity contribution in [2.24, 2.45) is 5.41 Å². The van der Waals surface area contributed by atoms with E-state index in [2.05, 4.69) is 15.3 Å². The van der Waals surface area contributed by atoms with Gasteiger partial charge >= 0.3 is 0 Å². The summed E-state index contributed by atoms with van der Waals surface area (Å²) in [5, 5.41) is 2.70. The first-order valence-electron chi connectivity index (χ1n) is 8.65. The fourth-order valence-electron chi connectivity index (χ4n) is 2.49. The van der Waals surface area contributed by atoms with E-state index < -0.39 is 17.0 Å². The number of benzene rings is 2. The van der Waals surface area contributed by atoms with Crippen LogP contribution in [0.25, 0.3) is 11.0 Å². The number of fused-ring (bicyclic) bond motifs is 1. The summed E-state index contributed by atoms with van der Waals surface area (Å²) >= 11 is 0. The number of ketones is 1. The van der Waals surface area contributed by atoms with Crippen molar-refractivity contribution in [1.82, 2.24) is 9.97 Å². The molecule has 0 aliphatic carbocycles. The van der Waals surface area contributed by atoms with Gasteiger partial charge in [0.1, 0.15) is 5.82 Å². The van der Waals surface area contributed by atoms with Crippen LogP contribution in [0.15, 0.2) is 42.6 Å². The minimum Gasteiger partial charge on any atom is -0.480 e. The van der Waals surface area contributed by atoms with Crippen molar-refractivity contribution in [1.29, 1.82) is 0 Å². The van der Waals surface area contributed by atoms with E-state index in [1.54, 1.807) is 32.9 Å². The summed E-state index contributed by atoms with van der Waals surface area (Å²) in [5.41, 5.74) is 0.906. The average molecular weight is 381 g/mol. The largest absolute Gasteiger partial charge is 0.480 e. The third-order valence-electron chi connectivity index (χ3n) is 4.14. The molecule has 0 saturated heterocycles. The number of hydrogen-bond acceptors (Lipinski definition) is 5. The normalized spacial score (nSPS) is 11.3. The molecule has 0 unspecified atom stereocenters. The smallest absolute Gasteiger partial charge is 0.232 e. The summed E-state index contributed by atoms with van der Waals surface area (Å²) in [5.74, 6) is -1.10. The van der Waals surface area contributed by atoms with E-state index in [0.717, 1.165) is 6.07 Å². The Morgan fingerprint density at radius 2 is 1.82 bits per heavy atom. The molecule has 3 aromatic rings. The Bertz CT molecular complexity index is 1070. The standard InChI is InChI=1S/C21H20FN3O3/c1-21(2,3)20(27)24-13-6-7-15(22)14(10-13)19(26)12-5-8-16-17(9-12)25-18(28-4)11-23-16/h5-11H,1-4H3,(H,24,27). The lowest BCUT2D eigenvalue weighted by molar-refractivity contribution is -0.123. The van der Waals surface area contributed by atoms with Crippen LogP contribution in [0.4, 0.5) is 10.1 Å². The van der Waals surface area contributed by atoms with Gasteiger partial charge in [-0.25, -0.2) is 14.4 Å². The maximum atomic E-state index is 14.3. The number of halogens is 1. The summed E-state index contributed by atoms with van der Waals surface area (Å²) in [4.78, 5) is 33.5. The highest BCUT2D eigenvalue weighted by molar-refractivity contribution is 6.11. The van der Waals surface area contributed by atoms with Crippen molar-refractivity contribution in [3.8, 4) is 5.88 Å². The van der Waals surface area contributed by atoms with Crippen molar-refractivity contribution in [3.63, 3.8) is 0 Å². The molecule has 0 radical (unpaired) electrons. The molecular weight excluding hydrogens is 361 g/mol. The van der Waals surface area contributed by atoms with E-state index in [0.29, 0.717) is 22.6 Å². The second kappa shape index (κ2) is 7.34. The van der Waals surface area contributed by atoms with Crippen LogP contribution in [0.5, 0.6) is 5.88 Å². The number of aromatic nitrogens is 2. The number of nitrogens with zero attached hydrogens (tertiary/aromatic N) is 2. The van der Waals surface area contributed by atoms with E-state index in [1.165, 1.54) is 31.5 Å². The molecule has 7 heteroatoms. The molecule has 3 rings (SSSR count). The first-order chi connectivity index (χ1) is 13.2. The number of anilines is 1. The molecule has 1 amide bonds. The van der Waals surface area contributed by atoms with Crippen molar-refractivity contribution in [3.05, 3.63) is 59.5 Å². The van der Waals surface area contributed by atoms with Crippen LogP contribution in [0.3, 0.4) is 0 Å². The Morgan fingerprint density at radius 1 is 1.07 bits per heavy atom. The van der Waals surface area contributed by atoms with Gasteiger partial charge in [0.2, 0.25) is 11.8 Å². The number of amides is 1. The Morgan fingerprint density at radius 3 is 2.50 bits per heavy atom. The van der Waals surface area contributed by atoms with Crippen molar-refractivity contribution in [2.45, 2.75) is 20.8 Å². The van der Waals surface area contributed by atoms with Gasteiger partial charge in [-0.05, 0) is 36.4 Å². The molecule has 1 N–H and O–H groups in total. The SMILES string of the molecule is COc1cnc2ccc(C(=O)c3cc(NC(=O)C(C)(C)C)ccc3F)cc2n1. The Kier molecular flexibility index (Phi) is 5.09. The van der Waals surface area contributed by atoms with Crippen LogP contribution < -0.4 is 10.1 Å². The average Bonchev–Trinajstić information content (AvgIpc) is 2.67. The zero-order valence-corrected chi connectivity index (χ0v) is 16.0. The molecule has 0 saturated carbocycles. The number of rotatable bonds is 4. The lowest BCUT2D eigenvalue weighted by Crippen LogP contribution is -2.27. The van der Waals surface area contributed by atoms with E-state index in [9.17, 15) is 14.0 Å². The van der Waals surface area contributed by atoms with Gasteiger partial charge in [0.05, 0.1) is 29.9 Å². The minimum absolute atomic E-state index is 0.137. The summed E-state index contributed by atoms with van der Waals surface area (Å²) in [7, 11) is 1.47. The lowest BCUT2D eigenvalue weighted by Gasteiger charge is -2.18. The predicted octanol–water partition coefficient (Wildman–Crippen LogP) is 3.99. The zero-order chi connectivity index (χ0) is 20.5. The highest BCUT2D eigenvalue weighted by Crippen LogP contribution is 2.23. The molecule has 2 aromatic carbocycles. The van der Waals surface area contributed by atoms with Gasteiger partial charge in [-0.2, -0.15) is 0 Å². The number of nitrogens with one attached hydrogen (secondary N) is 1. The number of hydrogen-bond donors (Lipinski definition) is 1. The van der Waals surface area contributed by atoms with Gasteiger partial charge in [0.15, 0.2) is 5.78 Å². The Hall–Kier alpha value is -3.35. The van der Waals surface area contributed by atoms with Gasteiger partial charge in [-0.1, -0.05) is 20.8 Å². The summed E-state index contributed by atoms with van der Waals surface area (Å²) in [6.07, 6.45) is 1.48. The molecule has 0 spiro atoms. The Balaban J connectivity index is 1.96. The molecule has 0 atom stereocenters. The van der Waals surface area contributed by atoms with E-state index in [-0.39, 0.29) is 17.0 Å². The first kappa shape index (κ1) is 19.4. The van der Waals surface area contributed by atoms with E-state index >= 15 is 0 Å². The highest BCUT2D eigenvalue weighted by Gasteiger charge is 2.22. The zero-order valence-electron chi connectivity index (χ0n) is 16.0. The molecular formula is C21H20FN3O3. The fraction of sp³-hybridized carbons (Fsp3) is 0.238. The maximum absolute atomic E-state index is 14.3. The monoisotopic (exact) mass is 381 g/mol. The predicted molar refractivity (Wildman–Crippen MR) is 104 cm³/mol. The van der Waals surface area contributed by atoms with Crippen LogP contribution in [0.2, 0.25) is 0 Å². The van der Waals surface area contributed by atoms with Crippen LogP contribution in [0, 0.1) is 11.2 Å². The van der Waals surface area contributed by atoms with Crippen LogP contribution in [0.1, 0.15) is 36.7 Å². The maximum Gasteiger partial charge on any atom is 0.232 e. The number of methoxy groups -OCH3 is 1. The second-order valence-electron chi connectivity index (χ2n) is 7.34. The lowest BCUT2D eigenvalue weighted by atomic mass is 9.95. The van der Waals surface area contributed by atoms with Gasteiger partial charge < -0.3 is 10.1 Å². The Labute approximate surface area is 161 Å².